The van der Waals surface area contributed by atoms with Crippen LogP contribution >= 0.6 is 0 Å². The highest BCUT2D eigenvalue weighted by molar-refractivity contribution is 7.89. The summed E-state index contributed by atoms with van der Waals surface area (Å²) >= 11 is 0. The minimum atomic E-state index is -3.23. The van der Waals surface area contributed by atoms with Gasteiger partial charge in [-0.2, -0.15) is 4.31 Å². The third-order valence-corrected chi connectivity index (χ3v) is 8.54. The van der Waals surface area contributed by atoms with Crippen molar-refractivity contribution in [1.29, 1.82) is 0 Å². The molecule has 0 bridgehead atoms. The number of hydrogen-bond acceptors (Lipinski definition) is 4. The maximum absolute atomic E-state index is 12.6. The molecule has 0 atom stereocenters. The van der Waals surface area contributed by atoms with Crippen molar-refractivity contribution in [2.45, 2.75) is 70.8 Å². The first kappa shape index (κ1) is 21.1. The Bertz CT molecular complexity index is 577. The van der Waals surface area contributed by atoms with Crippen molar-refractivity contribution in [2.75, 3.05) is 45.0 Å². The van der Waals surface area contributed by atoms with Gasteiger partial charge in [0.2, 0.25) is 15.9 Å². The van der Waals surface area contributed by atoms with Gasteiger partial charge in [0, 0.05) is 32.6 Å². The zero-order valence-corrected chi connectivity index (χ0v) is 17.8. The summed E-state index contributed by atoms with van der Waals surface area (Å²) in [4.78, 5) is 16.8. The lowest BCUT2D eigenvalue weighted by molar-refractivity contribution is -0.138. The second-order valence-electron chi connectivity index (χ2n) is 8.57. The molecule has 27 heavy (non-hydrogen) atoms. The molecular formula is C20H37N3O3S. The number of carbonyl (C=O) groups is 1. The minimum absolute atomic E-state index is 0.0324. The Balaban J connectivity index is 1.49. The summed E-state index contributed by atoms with van der Waals surface area (Å²) in [5.74, 6) is 0.905. The number of hydrogen-bond donors (Lipinski definition) is 0. The van der Waals surface area contributed by atoms with Crippen molar-refractivity contribution < 1.29 is 13.2 Å². The summed E-state index contributed by atoms with van der Waals surface area (Å²) in [6.45, 7) is 6.40. The fourth-order valence-electron chi connectivity index (χ4n) is 4.75. The van der Waals surface area contributed by atoms with Crippen molar-refractivity contribution in [3.8, 4) is 0 Å². The smallest absolute Gasteiger partial charge is 0.222 e. The lowest BCUT2D eigenvalue weighted by atomic mass is 9.86. The molecule has 2 heterocycles. The monoisotopic (exact) mass is 399 g/mol. The first-order valence-electron chi connectivity index (χ1n) is 11.0. The van der Waals surface area contributed by atoms with Gasteiger partial charge < -0.3 is 9.80 Å². The fourth-order valence-corrected chi connectivity index (χ4v) is 6.03. The topological polar surface area (TPSA) is 60.9 Å². The predicted octanol–water partition coefficient (Wildman–Crippen LogP) is 2.31. The van der Waals surface area contributed by atoms with E-state index in [-0.39, 0.29) is 17.7 Å². The van der Waals surface area contributed by atoms with Crippen molar-refractivity contribution >= 4 is 15.9 Å². The van der Waals surface area contributed by atoms with Crippen LogP contribution in [0.15, 0.2) is 0 Å². The van der Waals surface area contributed by atoms with E-state index >= 15 is 0 Å². The van der Waals surface area contributed by atoms with Crippen LogP contribution in [0.5, 0.6) is 0 Å². The molecule has 1 saturated carbocycles. The van der Waals surface area contributed by atoms with Crippen molar-refractivity contribution in [2.24, 2.45) is 5.92 Å². The number of carbonyl (C=O) groups excluding carboxylic acids is 1. The maximum Gasteiger partial charge on any atom is 0.222 e. The van der Waals surface area contributed by atoms with Crippen LogP contribution in [0.25, 0.3) is 0 Å². The molecule has 2 aliphatic heterocycles. The van der Waals surface area contributed by atoms with E-state index in [0.29, 0.717) is 32.0 Å². The Hall–Kier alpha value is -0.660. The van der Waals surface area contributed by atoms with E-state index in [9.17, 15) is 13.2 Å². The standard InChI is InChI=1S/C20H37N3O3S/c1-2-27(25,26)23(14-13-21-11-7-4-8-12-21)19-16-22(17-19)20(24)15-18-9-5-3-6-10-18/h18-19H,2-17H2,1H3. The normalized spacial score (nSPS) is 23.6. The largest absolute Gasteiger partial charge is 0.339 e. The minimum Gasteiger partial charge on any atom is -0.339 e. The molecule has 0 N–H and O–H groups in total. The third kappa shape index (κ3) is 5.67. The lowest BCUT2D eigenvalue weighted by Crippen LogP contribution is -2.63. The van der Waals surface area contributed by atoms with E-state index < -0.39 is 10.0 Å². The van der Waals surface area contributed by atoms with Crippen LogP contribution in [0.4, 0.5) is 0 Å². The predicted molar refractivity (Wildman–Crippen MR) is 108 cm³/mol. The fraction of sp³-hybridized carbons (Fsp3) is 0.950. The molecule has 156 valence electrons. The van der Waals surface area contributed by atoms with Gasteiger partial charge in [-0.05, 0) is 51.6 Å². The highest BCUT2D eigenvalue weighted by atomic mass is 32.2. The van der Waals surface area contributed by atoms with Crippen LogP contribution in [0.2, 0.25) is 0 Å². The molecule has 7 heteroatoms. The van der Waals surface area contributed by atoms with E-state index in [0.717, 1.165) is 19.6 Å². The molecule has 1 amide bonds. The van der Waals surface area contributed by atoms with Gasteiger partial charge in [-0.15, -0.1) is 0 Å². The number of sulfonamides is 1. The van der Waals surface area contributed by atoms with E-state index in [1.54, 1.807) is 11.2 Å². The van der Waals surface area contributed by atoms with Crippen LogP contribution in [0.1, 0.15) is 64.7 Å². The van der Waals surface area contributed by atoms with E-state index in [1.165, 1.54) is 51.4 Å². The highest BCUT2D eigenvalue weighted by Gasteiger charge is 2.39. The maximum atomic E-state index is 12.6. The van der Waals surface area contributed by atoms with Gasteiger partial charge in [0.1, 0.15) is 0 Å². The average molecular weight is 400 g/mol. The Kier molecular flexibility index (Phi) is 7.57. The van der Waals surface area contributed by atoms with Gasteiger partial charge in [0.25, 0.3) is 0 Å². The zero-order chi connectivity index (χ0) is 19.3. The molecule has 6 nitrogen and oxygen atoms in total. The molecule has 0 aromatic rings. The quantitative estimate of drug-likeness (QED) is 0.628. The number of amides is 1. The lowest BCUT2D eigenvalue weighted by Gasteiger charge is -2.45. The van der Waals surface area contributed by atoms with Crippen LogP contribution in [0, 0.1) is 5.92 Å². The van der Waals surface area contributed by atoms with Crippen molar-refractivity contribution in [3.63, 3.8) is 0 Å². The van der Waals surface area contributed by atoms with Gasteiger partial charge in [0.15, 0.2) is 0 Å². The summed E-state index contributed by atoms with van der Waals surface area (Å²) < 4.78 is 26.9. The molecule has 2 saturated heterocycles. The van der Waals surface area contributed by atoms with Gasteiger partial charge in [-0.1, -0.05) is 25.7 Å². The van der Waals surface area contributed by atoms with Crippen LogP contribution in [0.3, 0.4) is 0 Å². The molecule has 0 aromatic heterocycles. The molecule has 0 radical (unpaired) electrons. The Morgan fingerprint density at radius 3 is 2.26 bits per heavy atom. The van der Waals surface area contributed by atoms with E-state index in [1.807, 2.05) is 4.90 Å². The molecule has 3 aliphatic rings. The van der Waals surface area contributed by atoms with Crippen molar-refractivity contribution in [1.82, 2.24) is 14.1 Å². The Morgan fingerprint density at radius 2 is 1.63 bits per heavy atom. The highest BCUT2D eigenvalue weighted by Crippen LogP contribution is 2.28. The van der Waals surface area contributed by atoms with Gasteiger partial charge in [0.05, 0.1) is 11.8 Å². The first-order chi connectivity index (χ1) is 13.0. The Morgan fingerprint density at radius 1 is 1.00 bits per heavy atom. The summed E-state index contributed by atoms with van der Waals surface area (Å²) in [6.07, 6.45) is 10.5. The molecule has 0 unspecified atom stereocenters. The summed E-state index contributed by atoms with van der Waals surface area (Å²) in [6, 6.07) is -0.0324. The second-order valence-corrected chi connectivity index (χ2v) is 10.8. The van der Waals surface area contributed by atoms with Crippen LogP contribution in [-0.4, -0.2) is 79.5 Å². The molecule has 1 aliphatic carbocycles. The average Bonchev–Trinajstić information content (AvgIpc) is 2.64. The molecule has 0 aromatic carbocycles. The second kappa shape index (κ2) is 9.70. The van der Waals surface area contributed by atoms with Crippen LogP contribution < -0.4 is 0 Å². The van der Waals surface area contributed by atoms with Gasteiger partial charge >= 0.3 is 0 Å². The molecule has 3 fully saturated rings. The van der Waals surface area contributed by atoms with E-state index in [4.69, 9.17) is 0 Å². The van der Waals surface area contributed by atoms with Crippen molar-refractivity contribution in [3.05, 3.63) is 0 Å². The van der Waals surface area contributed by atoms with Gasteiger partial charge in [-0.3, -0.25) is 4.79 Å². The number of rotatable bonds is 8. The van der Waals surface area contributed by atoms with Crippen LogP contribution in [-0.2, 0) is 14.8 Å². The zero-order valence-electron chi connectivity index (χ0n) is 16.9. The first-order valence-corrected chi connectivity index (χ1v) is 12.6. The molecule has 3 rings (SSSR count). The molecular weight excluding hydrogens is 362 g/mol. The number of piperidine rings is 1. The third-order valence-electron chi connectivity index (χ3n) is 6.62. The Labute approximate surface area is 165 Å². The summed E-state index contributed by atoms with van der Waals surface area (Å²) in [5, 5.41) is 0. The SMILES string of the molecule is CCS(=O)(=O)N(CCN1CCCCC1)C1CN(C(=O)CC2CCCCC2)C1. The summed E-state index contributed by atoms with van der Waals surface area (Å²) in [7, 11) is -3.23. The molecule has 0 spiro atoms. The van der Waals surface area contributed by atoms with E-state index in [2.05, 4.69) is 4.90 Å². The summed E-state index contributed by atoms with van der Waals surface area (Å²) in [5.41, 5.74) is 0. The number of nitrogens with zero attached hydrogens (tertiary/aromatic N) is 3. The number of likely N-dealkylation sites (tertiary alicyclic amines) is 2. The van der Waals surface area contributed by atoms with Gasteiger partial charge in [-0.25, -0.2) is 8.42 Å².